The van der Waals surface area contributed by atoms with E-state index in [1.807, 2.05) is 37.4 Å². The van der Waals surface area contributed by atoms with Crippen molar-refractivity contribution >= 4 is 23.6 Å². The molecule has 1 unspecified atom stereocenters. The Morgan fingerprint density at radius 2 is 1.84 bits per heavy atom. The van der Waals surface area contributed by atoms with Crippen LogP contribution in [0.4, 0.5) is 0 Å². The van der Waals surface area contributed by atoms with Gasteiger partial charge in [0, 0.05) is 6.04 Å². The summed E-state index contributed by atoms with van der Waals surface area (Å²) in [5.41, 5.74) is -0.672. The minimum Gasteiger partial charge on any atom is -0.340 e. The number of carbonyl (C=O) groups excluding carboxylic acids is 2. The summed E-state index contributed by atoms with van der Waals surface area (Å²) in [6.07, 6.45) is 3.35. The molecule has 5 heteroatoms. The minimum absolute atomic E-state index is 0.00141. The normalized spacial score (nSPS) is 28.4. The molecule has 0 saturated carbocycles. The van der Waals surface area contributed by atoms with Gasteiger partial charge in [0.2, 0.25) is 11.8 Å². The SMILES string of the molecule is CCC1(CC)NC(=O)C(C)N(C2CCSCC2)C1=O. The predicted molar refractivity (Wildman–Crippen MR) is 78.1 cm³/mol. The van der Waals surface area contributed by atoms with E-state index in [9.17, 15) is 9.59 Å². The van der Waals surface area contributed by atoms with Gasteiger partial charge in [-0.25, -0.2) is 0 Å². The zero-order valence-electron chi connectivity index (χ0n) is 12.1. The summed E-state index contributed by atoms with van der Waals surface area (Å²) in [6, 6.07) is -0.0842. The lowest BCUT2D eigenvalue weighted by Gasteiger charge is -2.48. The maximum Gasteiger partial charge on any atom is 0.249 e. The Kier molecular flexibility index (Phi) is 4.43. The second kappa shape index (κ2) is 5.73. The van der Waals surface area contributed by atoms with E-state index in [2.05, 4.69) is 5.32 Å². The zero-order valence-corrected chi connectivity index (χ0v) is 12.9. The molecule has 1 atom stereocenters. The van der Waals surface area contributed by atoms with E-state index < -0.39 is 5.54 Å². The lowest BCUT2D eigenvalue weighted by molar-refractivity contribution is -0.158. The van der Waals surface area contributed by atoms with Crippen LogP contribution in [-0.2, 0) is 9.59 Å². The third kappa shape index (κ3) is 2.49. The fourth-order valence-electron chi connectivity index (χ4n) is 3.12. The number of carbonyl (C=O) groups is 2. The van der Waals surface area contributed by atoms with E-state index in [1.54, 1.807) is 0 Å². The highest BCUT2D eigenvalue weighted by Gasteiger charge is 2.49. The lowest BCUT2D eigenvalue weighted by Crippen LogP contribution is -2.71. The van der Waals surface area contributed by atoms with Gasteiger partial charge in [0.15, 0.2) is 0 Å². The molecule has 0 bridgehead atoms. The van der Waals surface area contributed by atoms with Gasteiger partial charge in [-0.3, -0.25) is 9.59 Å². The summed E-state index contributed by atoms with van der Waals surface area (Å²) in [4.78, 5) is 27.0. The monoisotopic (exact) mass is 284 g/mol. The van der Waals surface area contributed by atoms with Crippen LogP contribution in [0.5, 0.6) is 0 Å². The smallest absolute Gasteiger partial charge is 0.249 e. The van der Waals surface area contributed by atoms with E-state index in [-0.39, 0.29) is 23.9 Å². The van der Waals surface area contributed by atoms with Crippen molar-refractivity contribution in [2.24, 2.45) is 0 Å². The Bertz CT molecular complexity index is 362. The van der Waals surface area contributed by atoms with Gasteiger partial charge >= 0.3 is 0 Å². The number of nitrogens with zero attached hydrogens (tertiary/aromatic N) is 1. The number of hydrogen-bond acceptors (Lipinski definition) is 3. The molecule has 4 nitrogen and oxygen atoms in total. The standard InChI is InChI=1S/C14H24N2O2S/c1-4-14(5-2)13(18)16(10(3)12(17)15-14)11-6-8-19-9-7-11/h10-11H,4-9H2,1-3H3,(H,15,17). The van der Waals surface area contributed by atoms with Crippen molar-refractivity contribution in [1.82, 2.24) is 10.2 Å². The van der Waals surface area contributed by atoms with Crippen LogP contribution in [0.15, 0.2) is 0 Å². The van der Waals surface area contributed by atoms with E-state index >= 15 is 0 Å². The molecule has 19 heavy (non-hydrogen) atoms. The van der Waals surface area contributed by atoms with Crippen LogP contribution in [0.2, 0.25) is 0 Å². The quantitative estimate of drug-likeness (QED) is 0.859. The molecule has 1 N–H and O–H groups in total. The molecule has 2 saturated heterocycles. The number of amides is 2. The average Bonchev–Trinajstić information content (AvgIpc) is 2.44. The summed E-state index contributed by atoms with van der Waals surface area (Å²) >= 11 is 1.94. The van der Waals surface area contributed by atoms with Crippen LogP contribution >= 0.6 is 11.8 Å². The van der Waals surface area contributed by atoms with Crippen LogP contribution in [0.3, 0.4) is 0 Å². The molecule has 0 aromatic rings. The fourth-order valence-corrected chi connectivity index (χ4v) is 4.20. The van der Waals surface area contributed by atoms with Gasteiger partial charge in [0.05, 0.1) is 0 Å². The van der Waals surface area contributed by atoms with Gasteiger partial charge in [0.1, 0.15) is 11.6 Å². The van der Waals surface area contributed by atoms with Crippen molar-refractivity contribution in [3.05, 3.63) is 0 Å². The van der Waals surface area contributed by atoms with Crippen molar-refractivity contribution in [3.63, 3.8) is 0 Å². The topological polar surface area (TPSA) is 49.4 Å². The van der Waals surface area contributed by atoms with Crippen molar-refractivity contribution in [1.29, 1.82) is 0 Å². The first-order valence-corrected chi connectivity index (χ1v) is 8.43. The first-order valence-electron chi connectivity index (χ1n) is 7.28. The summed E-state index contributed by atoms with van der Waals surface area (Å²) in [6.45, 7) is 5.81. The zero-order chi connectivity index (χ0) is 14.0. The van der Waals surface area contributed by atoms with Gasteiger partial charge in [-0.1, -0.05) is 13.8 Å². The van der Waals surface area contributed by atoms with Crippen molar-refractivity contribution in [3.8, 4) is 0 Å². The number of rotatable bonds is 3. The molecule has 2 heterocycles. The maximum atomic E-state index is 12.9. The van der Waals surface area contributed by atoms with Crippen LogP contribution in [0.1, 0.15) is 46.5 Å². The molecular weight excluding hydrogens is 260 g/mol. The predicted octanol–water partition coefficient (Wildman–Crippen LogP) is 1.79. The summed E-state index contributed by atoms with van der Waals surface area (Å²) < 4.78 is 0. The van der Waals surface area contributed by atoms with Crippen molar-refractivity contribution < 1.29 is 9.59 Å². The molecule has 108 valence electrons. The first-order chi connectivity index (χ1) is 9.05. The molecule has 0 radical (unpaired) electrons. The largest absolute Gasteiger partial charge is 0.340 e. The average molecular weight is 284 g/mol. The minimum atomic E-state index is -0.672. The Hall–Kier alpha value is -0.710. The van der Waals surface area contributed by atoms with Crippen LogP contribution in [-0.4, -0.2) is 45.8 Å². The molecule has 2 aliphatic rings. The van der Waals surface area contributed by atoms with Gasteiger partial charge in [0.25, 0.3) is 0 Å². The molecule has 0 aromatic heterocycles. The van der Waals surface area contributed by atoms with Crippen molar-refractivity contribution in [2.45, 2.75) is 64.1 Å². The van der Waals surface area contributed by atoms with Crippen LogP contribution in [0, 0.1) is 0 Å². The molecule has 2 rings (SSSR count). The molecule has 2 fully saturated rings. The molecular formula is C14H24N2O2S. The fraction of sp³-hybridized carbons (Fsp3) is 0.857. The molecule has 2 amide bonds. The Labute approximate surface area is 119 Å². The Morgan fingerprint density at radius 3 is 2.37 bits per heavy atom. The summed E-state index contributed by atoms with van der Waals surface area (Å²) in [5, 5.41) is 2.96. The van der Waals surface area contributed by atoms with E-state index in [1.165, 1.54) is 0 Å². The summed E-state index contributed by atoms with van der Waals surface area (Å²) in [5.74, 6) is 2.31. The van der Waals surface area contributed by atoms with Gasteiger partial charge in [-0.15, -0.1) is 0 Å². The lowest BCUT2D eigenvalue weighted by atomic mass is 9.86. The van der Waals surface area contributed by atoms with Crippen LogP contribution in [0.25, 0.3) is 0 Å². The number of piperazine rings is 1. The molecule has 0 aromatic carbocycles. The second-order valence-corrected chi connectivity index (χ2v) is 6.74. The van der Waals surface area contributed by atoms with Gasteiger partial charge in [-0.2, -0.15) is 11.8 Å². The Balaban J connectivity index is 2.27. The molecule has 2 aliphatic heterocycles. The maximum absolute atomic E-state index is 12.9. The number of hydrogen-bond donors (Lipinski definition) is 1. The first kappa shape index (κ1) is 14.7. The van der Waals surface area contributed by atoms with E-state index in [0.29, 0.717) is 12.8 Å². The third-order valence-corrected chi connectivity index (χ3v) is 5.64. The third-order valence-electron chi connectivity index (χ3n) is 4.59. The van der Waals surface area contributed by atoms with E-state index in [4.69, 9.17) is 0 Å². The molecule has 0 spiro atoms. The second-order valence-electron chi connectivity index (χ2n) is 5.51. The highest BCUT2D eigenvalue weighted by Crippen LogP contribution is 2.31. The number of thioether (sulfide) groups is 1. The van der Waals surface area contributed by atoms with Crippen molar-refractivity contribution in [2.75, 3.05) is 11.5 Å². The molecule has 0 aliphatic carbocycles. The number of nitrogens with one attached hydrogen (secondary N) is 1. The summed E-state index contributed by atoms with van der Waals surface area (Å²) in [7, 11) is 0. The highest BCUT2D eigenvalue weighted by atomic mass is 32.2. The van der Waals surface area contributed by atoms with E-state index in [0.717, 1.165) is 24.3 Å². The highest BCUT2D eigenvalue weighted by molar-refractivity contribution is 7.99. The van der Waals surface area contributed by atoms with Crippen LogP contribution < -0.4 is 5.32 Å². The Morgan fingerprint density at radius 1 is 1.26 bits per heavy atom. The van der Waals surface area contributed by atoms with Gasteiger partial charge in [-0.05, 0) is 44.1 Å². The van der Waals surface area contributed by atoms with Gasteiger partial charge < -0.3 is 10.2 Å².